The van der Waals surface area contributed by atoms with Crippen LogP contribution in [0.5, 0.6) is 5.75 Å². The second-order valence-electron chi connectivity index (χ2n) is 3.43. The van der Waals surface area contributed by atoms with Crippen LogP contribution in [0.2, 0.25) is 0 Å². The van der Waals surface area contributed by atoms with Gasteiger partial charge in [0.05, 0.1) is 12.5 Å². The van der Waals surface area contributed by atoms with Crippen molar-refractivity contribution >= 4 is 11.3 Å². The molecule has 0 amide bonds. The van der Waals surface area contributed by atoms with Gasteiger partial charge in [0.15, 0.2) is 0 Å². The molecule has 0 bridgehead atoms. The summed E-state index contributed by atoms with van der Waals surface area (Å²) in [6, 6.07) is 8.14. The molecule has 1 heterocycles. The van der Waals surface area contributed by atoms with Crippen LogP contribution in [-0.2, 0) is 7.05 Å². The molecule has 0 radical (unpaired) electrons. The summed E-state index contributed by atoms with van der Waals surface area (Å²) in [6.07, 6.45) is 0. The SMILES string of the molecule is COc1ccc(-c2csc(C)[n+]2C)cc1.[I-]. The predicted octanol–water partition coefficient (Wildman–Crippen LogP) is -0.439. The molecule has 2 aromatic rings. The molecule has 1 aromatic heterocycles. The summed E-state index contributed by atoms with van der Waals surface area (Å²) in [5.74, 6) is 0.897. The number of hydrogen-bond donors (Lipinski definition) is 0. The molecule has 0 aliphatic rings. The Labute approximate surface area is 117 Å². The van der Waals surface area contributed by atoms with Crippen molar-refractivity contribution in [3.63, 3.8) is 0 Å². The average molecular weight is 347 g/mol. The van der Waals surface area contributed by atoms with Gasteiger partial charge in [-0.1, -0.05) is 11.3 Å². The highest BCUT2D eigenvalue weighted by Crippen LogP contribution is 2.21. The summed E-state index contributed by atoms with van der Waals surface area (Å²) in [5.41, 5.74) is 2.47. The zero-order chi connectivity index (χ0) is 10.8. The first-order chi connectivity index (χ1) is 7.22. The monoisotopic (exact) mass is 347 g/mol. The first-order valence-corrected chi connectivity index (χ1v) is 5.69. The summed E-state index contributed by atoms with van der Waals surface area (Å²) in [5, 5.41) is 3.48. The van der Waals surface area contributed by atoms with Gasteiger partial charge in [-0.15, -0.1) is 0 Å². The Morgan fingerprint density at radius 1 is 1.19 bits per heavy atom. The van der Waals surface area contributed by atoms with E-state index in [9.17, 15) is 0 Å². The summed E-state index contributed by atoms with van der Waals surface area (Å²) < 4.78 is 7.34. The second kappa shape index (κ2) is 5.63. The summed E-state index contributed by atoms with van der Waals surface area (Å²) >= 11 is 1.77. The van der Waals surface area contributed by atoms with Gasteiger partial charge < -0.3 is 28.7 Å². The van der Waals surface area contributed by atoms with E-state index in [0.717, 1.165) is 5.75 Å². The fraction of sp³-hybridized carbons (Fsp3) is 0.250. The van der Waals surface area contributed by atoms with E-state index in [0.29, 0.717) is 0 Å². The van der Waals surface area contributed by atoms with E-state index in [-0.39, 0.29) is 24.0 Å². The van der Waals surface area contributed by atoms with Gasteiger partial charge in [-0.3, -0.25) is 0 Å². The molecular formula is C12H14INOS. The van der Waals surface area contributed by atoms with Crippen LogP contribution in [0.1, 0.15) is 5.01 Å². The molecule has 16 heavy (non-hydrogen) atoms. The molecule has 0 unspecified atom stereocenters. The van der Waals surface area contributed by atoms with Crippen LogP contribution >= 0.6 is 11.3 Å². The van der Waals surface area contributed by atoms with Gasteiger partial charge >= 0.3 is 0 Å². The van der Waals surface area contributed by atoms with Crippen LogP contribution in [0.4, 0.5) is 0 Å². The number of methoxy groups -OCH3 is 1. The largest absolute Gasteiger partial charge is 1.00 e. The maximum absolute atomic E-state index is 5.14. The Morgan fingerprint density at radius 2 is 1.81 bits per heavy atom. The highest BCUT2D eigenvalue weighted by atomic mass is 127. The Bertz CT molecular complexity index is 464. The third kappa shape index (κ3) is 2.55. The van der Waals surface area contributed by atoms with Crippen molar-refractivity contribution in [1.29, 1.82) is 0 Å². The van der Waals surface area contributed by atoms with E-state index in [1.165, 1.54) is 16.3 Å². The van der Waals surface area contributed by atoms with Crippen molar-refractivity contribution in [3.05, 3.63) is 34.7 Å². The summed E-state index contributed by atoms with van der Waals surface area (Å²) in [4.78, 5) is 0. The number of nitrogens with zero attached hydrogens (tertiary/aromatic N) is 1. The van der Waals surface area contributed by atoms with Crippen LogP contribution in [0.25, 0.3) is 11.3 Å². The van der Waals surface area contributed by atoms with Gasteiger partial charge in [0.1, 0.15) is 12.8 Å². The number of hydrogen-bond acceptors (Lipinski definition) is 2. The van der Waals surface area contributed by atoms with E-state index in [4.69, 9.17) is 4.74 Å². The lowest BCUT2D eigenvalue weighted by molar-refractivity contribution is -0.661. The van der Waals surface area contributed by atoms with Crippen molar-refractivity contribution < 1.29 is 33.3 Å². The van der Waals surface area contributed by atoms with Crippen LogP contribution in [0.3, 0.4) is 0 Å². The zero-order valence-electron chi connectivity index (χ0n) is 9.53. The molecule has 0 spiro atoms. The van der Waals surface area contributed by atoms with Crippen LogP contribution in [0, 0.1) is 6.92 Å². The molecule has 0 aliphatic carbocycles. The van der Waals surface area contributed by atoms with Gasteiger partial charge in [0.25, 0.3) is 0 Å². The van der Waals surface area contributed by atoms with Crippen molar-refractivity contribution in [2.45, 2.75) is 6.92 Å². The molecular weight excluding hydrogens is 333 g/mol. The highest BCUT2D eigenvalue weighted by Gasteiger charge is 2.14. The normalized spacial score (nSPS) is 9.69. The molecule has 2 rings (SSSR count). The Morgan fingerprint density at radius 3 is 2.25 bits per heavy atom. The number of aromatic nitrogens is 1. The summed E-state index contributed by atoms with van der Waals surface area (Å²) in [7, 11) is 3.77. The van der Waals surface area contributed by atoms with Crippen molar-refractivity contribution in [2.24, 2.45) is 7.05 Å². The minimum Gasteiger partial charge on any atom is -1.00 e. The van der Waals surface area contributed by atoms with Gasteiger partial charge in [0, 0.05) is 12.5 Å². The van der Waals surface area contributed by atoms with E-state index in [1.54, 1.807) is 18.4 Å². The maximum atomic E-state index is 5.14. The Balaban J connectivity index is 0.00000128. The Kier molecular flexibility index (Phi) is 4.73. The fourth-order valence-electron chi connectivity index (χ4n) is 1.49. The van der Waals surface area contributed by atoms with E-state index < -0.39 is 0 Å². The standard InChI is InChI=1S/C12H14NOS.HI/c1-9-13(2)12(8-15-9)10-4-6-11(14-3)7-5-10;/h4-8H,1-3H3;1H/q+1;/p-1. The molecule has 0 saturated carbocycles. The predicted molar refractivity (Wildman–Crippen MR) is 62.2 cm³/mol. The van der Waals surface area contributed by atoms with E-state index >= 15 is 0 Å². The molecule has 86 valence electrons. The number of halogens is 1. The molecule has 0 atom stereocenters. The van der Waals surface area contributed by atoms with E-state index in [2.05, 4.69) is 36.1 Å². The quantitative estimate of drug-likeness (QED) is 0.531. The van der Waals surface area contributed by atoms with Crippen molar-refractivity contribution in [2.75, 3.05) is 7.11 Å². The molecule has 0 saturated heterocycles. The third-order valence-corrected chi connectivity index (χ3v) is 3.52. The van der Waals surface area contributed by atoms with Gasteiger partial charge in [-0.2, -0.15) is 4.57 Å². The Hall–Kier alpha value is -0.620. The van der Waals surface area contributed by atoms with Gasteiger partial charge in [-0.05, 0) is 24.3 Å². The molecule has 0 aliphatic heterocycles. The lowest BCUT2D eigenvalue weighted by Crippen LogP contribution is -3.00. The number of ether oxygens (including phenoxy) is 1. The highest BCUT2D eigenvalue weighted by molar-refractivity contribution is 7.09. The zero-order valence-corrected chi connectivity index (χ0v) is 12.5. The minimum absolute atomic E-state index is 0. The first kappa shape index (κ1) is 13.4. The van der Waals surface area contributed by atoms with Crippen LogP contribution < -0.4 is 33.3 Å². The second-order valence-corrected chi connectivity index (χ2v) is 4.49. The van der Waals surface area contributed by atoms with Crippen LogP contribution in [-0.4, -0.2) is 7.11 Å². The fourth-order valence-corrected chi connectivity index (χ4v) is 2.33. The smallest absolute Gasteiger partial charge is 0.234 e. The molecule has 4 heteroatoms. The third-order valence-electron chi connectivity index (χ3n) is 2.56. The number of aryl methyl sites for hydroxylation is 1. The lowest BCUT2D eigenvalue weighted by atomic mass is 10.1. The van der Waals surface area contributed by atoms with Crippen molar-refractivity contribution in [3.8, 4) is 17.0 Å². The number of thiazole rings is 1. The molecule has 0 fully saturated rings. The minimum atomic E-state index is 0. The van der Waals surface area contributed by atoms with E-state index in [1.807, 2.05) is 12.1 Å². The molecule has 2 nitrogen and oxygen atoms in total. The number of rotatable bonds is 2. The van der Waals surface area contributed by atoms with Crippen LogP contribution in [0.15, 0.2) is 29.6 Å². The lowest BCUT2D eigenvalue weighted by Gasteiger charge is -1.99. The van der Waals surface area contributed by atoms with Gasteiger partial charge in [0.2, 0.25) is 10.7 Å². The molecule has 1 aromatic carbocycles. The number of benzene rings is 1. The first-order valence-electron chi connectivity index (χ1n) is 4.81. The molecule has 0 N–H and O–H groups in total. The van der Waals surface area contributed by atoms with Gasteiger partial charge in [-0.25, -0.2) is 0 Å². The topological polar surface area (TPSA) is 13.1 Å². The van der Waals surface area contributed by atoms with Crippen molar-refractivity contribution in [1.82, 2.24) is 0 Å². The maximum Gasteiger partial charge on any atom is 0.234 e. The summed E-state index contributed by atoms with van der Waals surface area (Å²) in [6.45, 7) is 2.12. The average Bonchev–Trinajstić information content (AvgIpc) is 2.60.